The molecule has 8 nitrogen and oxygen atoms in total. The van der Waals surface area contributed by atoms with E-state index in [1.807, 2.05) is 29.8 Å². The monoisotopic (exact) mass is 517 g/mol. The Morgan fingerprint density at radius 1 is 1.05 bits per heavy atom. The molecule has 1 amide bonds. The fraction of sp³-hybridized carbons (Fsp3) is 0.214. The molecule has 4 rings (SSSR count). The lowest BCUT2D eigenvalue weighted by atomic mass is 10.2. The van der Waals surface area contributed by atoms with Crippen LogP contribution in [-0.2, 0) is 23.1 Å². The molecule has 0 saturated heterocycles. The number of nitrogens with zero attached hydrogens (tertiary/aromatic N) is 3. The van der Waals surface area contributed by atoms with Crippen molar-refractivity contribution in [2.45, 2.75) is 26.8 Å². The van der Waals surface area contributed by atoms with Crippen LogP contribution < -0.4 is 10.6 Å². The molecule has 3 aromatic carbocycles. The number of anilines is 2. The minimum atomic E-state index is -0.220. The highest BCUT2D eigenvalue weighted by molar-refractivity contribution is 6.31. The van der Waals surface area contributed by atoms with Gasteiger partial charge in [0.25, 0.3) is 5.91 Å². The number of amides is 1. The van der Waals surface area contributed by atoms with E-state index in [1.165, 1.54) is 0 Å². The van der Waals surface area contributed by atoms with Gasteiger partial charge in [0.15, 0.2) is 0 Å². The summed E-state index contributed by atoms with van der Waals surface area (Å²) in [5.41, 5.74) is 4.36. The fourth-order valence-corrected chi connectivity index (χ4v) is 3.62. The lowest BCUT2D eigenvalue weighted by Crippen LogP contribution is -2.11. The number of carbonyl (C=O) groups excluding carboxylic acids is 2. The van der Waals surface area contributed by atoms with Gasteiger partial charge < -0.3 is 19.9 Å². The van der Waals surface area contributed by atoms with E-state index in [9.17, 15) is 9.59 Å². The Hall–Kier alpha value is -4.35. The minimum Gasteiger partial charge on any atom is -0.466 e. The Morgan fingerprint density at radius 3 is 2.43 bits per heavy atom. The second-order valence-electron chi connectivity index (χ2n) is 7.96. The van der Waals surface area contributed by atoms with Crippen LogP contribution in [0.5, 0.6) is 0 Å². The molecule has 0 radical (unpaired) electrons. The molecular formula is C28H28ClN5O3. The number of carbonyl (C=O) groups is 2. The number of fused-ring (bicyclic) bond motifs is 1. The zero-order chi connectivity index (χ0) is 26.8. The van der Waals surface area contributed by atoms with E-state index < -0.39 is 0 Å². The Kier molecular flexibility index (Phi) is 9.64. The Bertz CT molecular complexity index is 1420. The van der Waals surface area contributed by atoms with Gasteiger partial charge in [0.05, 0.1) is 35.8 Å². The number of rotatable bonds is 7. The number of hydrogen-bond acceptors (Lipinski definition) is 6. The summed E-state index contributed by atoms with van der Waals surface area (Å²) < 4.78 is 6.54. The molecule has 0 aliphatic heterocycles. The topological polar surface area (TPSA) is 109 Å². The molecule has 2 N–H and O–H groups in total. The molecule has 0 fully saturated rings. The highest BCUT2D eigenvalue weighted by atomic mass is 35.5. The molecule has 0 saturated carbocycles. The maximum absolute atomic E-state index is 12.6. The third-order valence-corrected chi connectivity index (χ3v) is 5.61. The van der Waals surface area contributed by atoms with Crippen LogP contribution in [0.4, 0.5) is 11.4 Å². The van der Waals surface area contributed by atoms with Gasteiger partial charge in [0, 0.05) is 35.4 Å². The molecule has 37 heavy (non-hydrogen) atoms. The van der Waals surface area contributed by atoms with Crippen LogP contribution in [0.2, 0.25) is 5.02 Å². The SMILES string of the molecule is CCOC(=O)CC.Cn1c(CNc2ccc(C#N)cc2)nc2cc(C(=O)Nc3cccc(Cl)c3)ccc21. The van der Waals surface area contributed by atoms with Crippen LogP contribution in [0.15, 0.2) is 66.7 Å². The van der Waals surface area contributed by atoms with Gasteiger partial charge in [0.2, 0.25) is 0 Å². The van der Waals surface area contributed by atoms with Gasteiger partial charge in [-0.15, -0.1) is 0 Å². The lowest BCUT2D eigenvalue weighted by Gasteiger charge is -2.07. The maximum Gasteiger partial charge on any atom is 0.305 e. The fourth-order valence-electron chi connectivity index (χ4n) is 3.43. The van der Waals surface area contributed by atoms with Crippen molar-refractivity contribution in [1.82, 2.24) is 9.55 Å². The molecule has 0 aliphatic carbocycles. The number of halogens is 1. The summed E-state index contributed by atoms with van der Waals surface area (Å²) in [5, 5.41) is 15.6. The number of aromatic nitrogens is 2. The average Bonchev–Trinajstić information content (AvgIpc) is 3.22. The van der Waals surface area contributed by atoms with Crippen LogP contribution >= 0.6 is 11.6 Å². The van der Waals surface area contributed by atoms with Gasteiger partial charge in [-0.25, -0.2) is 4.98 Å². The van der Waals surface area contributed by atoms with Crippen molar-refractivity contribution in [1.29, 1.82) is 5.26 Å². The first-order valence-corrected chi connectivity index (χ1v) is 12.1. The van der Waals surface area contributed by atoms with Crippen molar-refractivity contribution >= 4 is 45.9 Å². The van der Waals surface area contributed by atoms with Crippen molar-refractivity contribution in [2.75, 3.05) is 17.2 Å². The summed E-state index contributed by atoms with van der Waals surface area (Å²) in [6, 6.07) is 21.8. The van der Waals surface area contributed by atoms with Gasteiger partial charge in [-0.2, -0.15) is 5.26 Å². The molecule has 1 aromatic heterocycles. The minimum absolute atomic E-state index is 0.123. The van der Waals surface area contributed by atoms with E-state index >= 15 is 0 Å². The van der Waals surface area contributed by atoms with E-state index in [0.29, 0.717) is 41.4 Å². The van der Waals surface area contributed by atoms with Gasteiger partial charge in [0.1, 0.15) is 5.82 Å². The Morgan fingerprint density at radius 2 is 1.81 bits per heavy atom. The molecule has 0 aliphatic rings. The first-order valence-electron chi connectivity index (χ1n) is 11.8. The largest absolute Gasteiger partial charge is 0.466 e. The van der Waals surface area contributed by atoms with Gasteiger partial charge in [-0.3, -0.25) is 9.59 Å². The molecule has 0 unspecified atom stereocenters. The summed E-state index contributed by atoms with van der Waals surface area (Å²) in [4.78, 5) is 27.5. The molecular weight excluding hydrogens is 490 g/mol. The van der Waals surface area contributed by atoms with Crippen LogP contribution in [0, 0.1) is 11.3 Å². The van der Waals surface area contributed by atoms with Crippen LogP contribution in [0.25, 0.3) is 11.0 Å². The highest BCUT2D eigenvalue weighted by Crippen LogP contribution is 2.20. The average molecular weight is 518 g/mol. The number of imidazole rings is 1. The van der Waals surface area contributed by atoms with Crippen LogP contribution in [0.3, 0.4) is 0 Å². The number of benzene rings is 3. The number of hydrogen-bond donors (Lipinski definition) is 2. The predicted molar refractivity (Wildman–Crippen MR) is 146 cm³/mol. The van der Waals surface area contributed by atoms with Gasteiger partial charge in [-0.1, -0.05) is 24.6 Å². The van der Waals surface area contributed by atoms with Crippen molar-refractivity contribution in [3.05, 3.63) is 88.7 Å². The number of nitrogens with one attached hydrogen (secondary N) is 2. The number of aryl methyl sites for hydroxylation is 1. The second kappa shape index (κ2) is 13.1. The molecule has 0 bridgehead atoms. The number of nitriles is 1. The summed E-state index contributed by atoms with van der Waals surface area (Å²) in [5.74, 6) is 0.492. The molecule has 0 spiro atoms. The second-order valence-corrected chi connectivity index (χ2v) is 8.39. The van der Waals surface area contributed by atoms with Gasteiger partial charge in [-0.05, 0) is 67.6 Å². The van der Waals surface area contributed by atoms with Crippen molar-refractivity contribution in [3.63, 3.8) is 0 Å². The Balaban J connectivity index is 0.000000479. The third-order valence-electron chi connectivity index (χ3n) is 5.38. The third kappa shape index (κ3) is 7.56. The normalized spacial score (nSPS) is 10.1. The molecule has 1 heterocycles. The van der Waals surface area contributed by atoms with E-state index in [4.69, 9.17) is 16.9 Å². The smallest absolute Gasteiger partial charge is 0.305 e. The predicted octanol–water partition coefficient (Wildman–Crippen LogP) is 5.92. The maximum atomic E-state index is 12.6. The Labute approximate surface area is 220 Å². The quantitative estimate of drug-likeness (QED) is 0.294. The lowest BCUT2D eigenvalue weighted by molar-refractivity contribution is -0.142. The molecule has 4 aromatic rings. The number of esters is 1. The van der Waals surface area contributed by atoms with Crippen molar-refractivity contribution in [3.8, 4) is 6.07 Å². The summed E-state index contributed by atoms with van der Waals surface area (Å²) in [6.07, 6.45) is 0.480. The summed E-state index contributed by atoms with van der Waals surface area (Å²) in [7, 11) is 1.94. The zero-order valence-electron chi connectivity index (χ0n) is 20.9. The van der Waals surface area contributed by atoms with Crippen molar-refractivity contribution in [2.24, 2.45) is 7.05 Å². The van der Waals surface area contributed by atoms with E-state index in [0.717, 1.165) is 22.5 Å². The van der Waals surface area contributed by atoms with E-state index in [-0.39, 0.29) is 11.9 Å². The zero-order valence-corrected chi connectivity index (χ0v) is 21.7. The molecule has 0 atom stereocenters. The first kappa shape index (κ1) is 27.2. The summed E-state index contributed by atoms with van der Waals surface area (Å²) >= 11 is 5.98. The van der Waals surface area contributed by atoms with Crippen LogP contribution in [0.1, 0.15) is 42.0 Å². The number of ether oxygens (including phenoxy) is 1. The standard InChI is InChI=1S/C23H18ClN5O.C5H10O2/c1-29-21-10-7-16(23(30)27-19-4-2-3-17(24)12-19)11-20(21)28-22(29)14-26-18-8-5-15(13-25)6-9-18;1-3-5(6)7-4-2/h2-12,26H,14H2,1H3,(H,27,30);3-4H2,1-2H3. The van der Waals surface area contributed by atoms with Gasteiger partial charge >= 0.3 is 5.97 Å². The van der Waals surface area contributed by atoms with Crippen molar-refractivity contribution < 1.29 is 14.3 Å². The van der Waals surface area contributed by atoms with Crippen LogP contribution in [-0.4, -0.2) is 28.0 Å². The van der Waals surface area contributed by atoms with E-state index in [2.05, 4.69) is 26.4 Å². The molecule has 190 valence electrons. The highest BCUT2D eigenvalue weighted by Gasteiger charge is 2.12. The molecule has 9 heteroatoms. The first-order chi connectivity index (χ1) is 17.8. The van der Waals surface area contributed by atoms with E-state index in [1.54, 1.807) is 62.4 Å². The summed E-state index contributed by atoms with van der Waals surface area (Å²) in [6.45, 7) is 4.58.